The highest BCUT2D eigenvalue weighted by Gasteiger charge is 2.22. The molecule has 1 aromatic carbocycles. The van der Waals surface area contributed by atoms with Crippen LogP contribution in [0.1, 0.15) is 20.3 Å². The molecule has 0 saturated heterocycles. The molecule has 0 aliphatic carbocycles. The number of nitrogen functional groups attached to an aromatic ring is 1. The number of hydrogen-bond donors (Lipinski definition) is 2. The third kappa shape index (κ3) is 4.50. The Kier molecular flexibility index (Phi) is 5.37. The van der Waals surface area contributed by atoms with E-state index in [1.165, 1.54) is 12.1 Å². The van der Waals surface area contributed by atoms with Gasteiger partial charge in [0.25, 0.3) is 0 Å². The minimum atomic E-state index is -3.73. The molecule has 1 amide bonds. The number of carbonyl (C=O) groups is 1. The van der Waals surface area contributed by atoms with Gasteiger partial charge in [0.15, 0.2) is 9.84 Å². The van der Waals surface area contributed by atoms with Gasteiger partial charge >= 0.3 is 0 Å². The lowest BCUT2D eigenvalue weighted by atomic mass is 10.3. The summed E-state index contributed by atoms with van der Waals surface area (Å²) in [6.45, 7) is 3.73. The van der Waals surface area contributed by atoms with Crippen LogP contribution in [0.2, 0.25) is 0 Å². The number of amides is 1. The molecule has 1 rings (SSSR count). The highest BCUT2D eigenvalue weighted by molar-refractivity contribution is 9.10. The summed E-state index contributed by atoms with van der Waals surface area (Å²) in [7, 11) is -3.73. The molecular formula is C12H17BrN2O3S. The first-order chi connectivity index (χ1) is 8.76. The zero-order valence-electron chi connectivity index (χ0n) is 10.8. The number of rotatable bonds is 5. The van der Waals surface area contributed by atoms with Crippen molar-refractivity contribution in [3.8, 4) is 0 Å². The SMILES string of the molecule is CCC(C)NC(=O)CS(=O)(=O)c1cc(Br)ccc1N. The van der Waals surface area contributed by atoms with Crippen molar-refractivity contribution in [3.05, 3.63) is 22.7 Å². The predicted molar refractivity (Wildman–Crippen MR) is 78.5 cm³/mol. The summed E-state index contributed by atoms with van der Waals surface area (Å²) in [5.74, 6) is -1.12. The highest BCUT2D eigenvalue weighted by atomic mass is 79.9. The van der Waals surface area contributed by atoms with E-state index < -0.39 is 21.5 Å². The van der Waals surface area contributed by atoms with E-state index in [9.17, 15) is 13.2 Å². The third-order valence-electron chi connectivity index (χ3n) is 2.65. The first-order valence-corrected chi connectivity index (χ1v) is 8.28. The molecule has 106 valence electrons. The van der Waals surface area contributed by atoms with Crippen LogP contribution in [0.5, 0.6) is 0 Å². The first-order valence-electron chi connectivity index (χ1n) is 5.83. The topological polar surface area (TPSA) is 89.3 Å². The number of sulfone groups is 1. The Morgan fingerprint density at radius 1 is 1.47 bits per heavy atom. The molecule has 0 aliphatic rings. The lowest BCUT2D eigenvalue weighted by Crippen LogP contribution is -2.36. The van der Waals surface area contributed by atoms with Gasteiger partial charge in [-0.1, -0.05) is 22.9 Å². The Labute approximate surface area is 121 Å². The second-order valence-electron chi connectivity index (χ2n) is 4.32. The molecule has 1 aromatic rings. The molecule has 0 saturated carbocycles. The van der Waals surface area contributed by atoms with Crippen molar-refractivity contribution in [1.29, 1.82) is 0 Å². The first kappa shape index (κ1) is 16.0. The fourth-order valence-electron chi connectivity index (χ4n) is 1.45. The van der Waals surface area contributed by atoms with Gasteiger partial charge in [0.1, 0.15) is 5.75 Å². The van der Waals surface area contributed by atoms with Gasteiger partial charge in [-0.05, 0) is 31.5 Å². The van der Waals surface area contributed by atoms with Gasteiger partial charge in [-0.15, -0.1) is 0 Å². The molecule has 1 atom stereocenters. The van der Waals surface area contributed by atoms with Gasteiger partial charge in [0.05, 0.1) is 10.6 Å². The van der Waals surface area contributed by atoms with Gasteiger partial charge in [-0.2, -0.15) is 0 Å². The van der Waals surface area contributed by atoms with E-state index in [0.29, 0.717) is 4.47 Å². The summed E-state index contributed by atoms with van der Waals surface area (Å²) in [5.41, 5.74) is 5.79. The lowest BCUT2D eigenvalue weighted by molar-refractivity contribution is -0.119. The Bertz CT molecular complexity index is 572. The molecule has 7 heteroatoms. The molecule has 1 unspecified atom stereocenters. The molecule has 3 N–H and O–H groups in total. The van der Waals surface area contributed by atoms with Gasteiger partial charge in [0, 0.05) is 10.5 Å². The van der Waals surface area contributed by atoms with Crippen molar-refractivity contribution >= 4 is 37.4 Å². The number of nitrogens with one attached hydrogen (secondary N) is 1. The maximum absolute atomic E-state index is 12.1. The zero-order chi connectivity index (χ0) is 14.6. The molecule has 5 nitrogen and oxygen atoms in total. The second-order valence-corrected chi connectivity index (χ2v) is 7.19. The minimum absolute atomic E-state index is 0.0267. The molecule has 0 spiro atoms. The van der Waals surface area contributed by atoms with Crippen LogP contribution < -0.4 is 11.1 Å². The van der Waals surface area contributed by atoms with Crippen molar-refractivity contribution in [3.63, 3.8) is 0 Å². The number of halogens is 1. The van der Waals surface area contributed by atoms with Crippen molar-refractivity contribution in [2.45, 2.75) is 31.2 Å². The van der Waals surface area contributed by atoms with Crippen molar-refractivity contribution in [2.75, 3.05) is 11.5 Å². The quantitative estimate of drug-likeness (QED) is 0.792. The molecule has 0 fully saturated rings. The van der Waals surface area contributed by atoms with Crippen molar-refractivity contribution in [1.82, 2.24) is 5.32 Å². The van der Waals surface area contributed by atoms with E-state index in [4.69, 9.17) is 5.73 Å². The van der Waals surface area contributed by atoms with Crippen LogP contribution in [0.4, 0.5) is 5.69 Å². The standard InChI is InChI=1S/C12H17BrN2O3S/c1-3-8(2)15-12(16)7-19(17,18)11-6-9(13)4-5-10(11)14/h4-6,8H,3,7,14H2,1-2H3,(H,15,16). The molecule has 0 heterocycles. The number of hydrogen-bond acceptors (Lipinski definition) is 4. The second kappa shape index (κ2) is 6.38. The summed E-state index contributed by atoms with van der Waals surface area (Å²) in [6.07, 6.45) is 0.741. The van der Waals surface area contributed by atoms with Crippen LogP contribution in [0, 0.1) is 0 Å². The Hall–Kier alpha value is -1.08. The Morgan fingerprint density at radius 3 is 2.68 bits per heavy atom. The average Bonchev–Trinajstić information content (AvgIpc) is 2.31. The summed E-state index contributed by atoms with van der Waals surface area (Å²) < 4.78 is 24.8. The van der Waals surface area contributed by atoms with E-state index in [2.05, 4.69) is 21.2 Å². The summed E-state index contributed by atoms with van der Waals surface area (Å²) >= 11 is 3.19. The number of carbonyl (C=O) groups excluding carboxylic acids is 1. The van der Waals surface area contributed by atoms with Crippen LogP contribution in [0.3, 0.4) is 0 Å². The fourth-order valence-corrected chi connectivity index (χ4v) is 3.28. The van der Waals surface area contributed by atoms with Gasteiger partial charge in [-0.3, -0.25) is 4.79 Å². The van der Waals surface area contributed by atoms with E-state index >= 15 is 0 Å². The maximum Gasteiger partial charge on any atom is 0.235 e. The average molecular weight is 349 g/mol. The normalized spacial score (nSPS) is 13.0. The summed E-state index contributed by atoms with van der Waals surface area (Å²) in [5, 5.41) is 2.62. The van der Waals surface area contributed by atoms with Gasteiger partial charge < -0.3 is 11.1 Å². The Morgan fingerprint density at radius 2 is 2.11 bits per heavy atom. The van der Waals surface area contributed by atoms with E-state index in [1.807, 2.05) is 13.8 Å². The number of benzene rings is 1. The Balaban J connectivity index is 2.93. The summed E-state index contributed by atoms with van der Waals surface area (Å²) in [6, 6.07) is 4.49. The van der Waals surface area contributed by atoms with Crippen molar-refractivity contribution < 1.29 is 13.2 Å². The summed E-state index contributed by atoms with van der Waals surface area (Å²) in [4.78, 5) is 11.6. The molecule has 0 radical (unpaired) electrons. The van der Waals surface area contributed by atoms with Crippen LogP contribution in [0.25, 0.3) is 0 Å². The molecular weight excluding hydrogens is 332 g/mol. The van der Waals surface area contributed by atoms with Crippen LogP contribution in [-0.2, 0) is 14.6 Å². The van der Waals surface area contributed by atoms with Crippen molar-refractivity contribution in [2.24, 2.45) is 0 Å². The number of nitrogens with two attached hydrogens (primary N) is 1. The monoisotopic (exact) mass is 348 g/mol. The van der Waals surface area contributed by atoms with Crippen LogP contribution in [-0.4, -0.2) is 26.1 Å². The third-order valence-corrected chi connectivity index (χ3v) is 4.81. The van der Waals surface area contributed by atoms with Crippen LogP contribution >= 0.6 is 15.9 Å². The highest BCUT2D eigenvalue weighted by Crippen LogP contribution is 2.23. The molecule has 0 aromatic heterocycles. The van der Waals surface area contributed by atoms with E-state index in [0.717, 1.165) is 6.42 Å². The smallest absolute Gasteiger partial charge is 0.235 e. The minimum Gasteiger partial charge on any atom is -0.398 e. The van der Waals surface area contributed by atoms with Gasteiger partial charge in [-0.25, -0.2) is 8.42 Å². The molecule has 0 aliphatic heterocycles. The largest absolute Gasteiger partial charge is 0.398 e. The predicted octanol–water partition coefficient (Wildman–Crippen LogP) is 1.72. The maximum atomic E-state index is 12.1. The van der Waals surface area contributed by atoms with Gasteiger partial charge in [0.2, 0.25) is 5.91 Å². The zero-order valence-corrected chi connectivity index (χ0v) is 13.2. The van der Waals surface area contributed by atoms with E-state index in [1.54, 1.807) is 6.07 Å². The number of anilines is 1. The molecule has 19 heavy (non-hydrogen) atoms. The van der Waals surface area contributed by atoms with E-state index in [-0.39, 0.29) is 16.6 Å². The molecule has 0 bridgehead atoms. The van der Waals surface area contributed by atoms with Crippen LogP contribution in [0.15, 0.2) is 27.6 Å². The fraction of sp³-hybridized carbons (Fsp3) is 0.417. The lowest BCUT2D eigenvalue weighted by Gasteiger charge is -2.12.